The first kappa shape index (κ1) is 7.03. The average Bonchev–Trinajstić information content (AvgIpc) is 2.54. The number of anilines is 1. The van der Waals surface area contributed by atoms with Gasteiger partial charge in [-0.15, -0.1) is 5.11 Å². The van der Waals surface area contributed by atoms with Crippen LogP contribution in [0.4, 0.5) is 5.69 Å². The van der Waals surface area contributed by atoms with E-state index in [0.717, 1.165) is 11.4 Å². The second-order valence-electron chi connectivity index (χ2n) is 2.65. The predicted octanol–water partition coefficient (Wildman–Crippen LogP) is 2.39. The van der Waals surface area contributed by atoms with Crippen LogP contribution in [-0.2, 0) is 0 Å². The summed E-state index contributed by atoms with van der Waals surface area (Å²) in [5.74, 6) is 0. The molecule has 1 aromatic rings. The molecule has 0 saturated heterocycles. The van der Waals surface area contributed by atoms with Crippen LogP contribution in [0.2, 0.25) is 0 Å². The van der Waals surface area contributed by atoms with Crippen LogP contribution < -0.4 is 5.01 Å². The minimum atomic E-state index is 0.698. The third kappa shape index (κ3) is 1.21. The fraction of sp³-hybridized carbons (Fsp3) is 0.111. The molecule has 1 aliphatic rings. The maximum Gasteiger partial charge on any atom is 0.0868 e. The highest BCUT2D eigenvalue weighted by Gasteiger charge is 2.11. The largest absolute Gasteiger partial charge is 0.241 e. The van der Waals surface area contributed by atoms with Crippen molar-refractivity contribution in [3.8, 4) is 0 Å². The molecule has 3 heteroatoms. The van der Waals surface area contributed by atoms with Crippen LogP contribution in [0.5, 0.6) is 0 Å². The molecule has 0 atom stereocenters. The van der Waals surface area contributed by atoms with Crippen molar-refractivity contribution in [2.75, 3.05) is 11.6 Å². The van der Waals surface area contributed by atoms with Gasteiger partial charge in [0, 0.05) is 0 Å². The SMILES string of the molecule is C=C1CN(c2ccccc2)N=N1. The van der Waals surface area contributed by atoms with Crippen LogP contribution >= 0.6 is 0 Å². The molecule has 0 spiro atoms. The van der Waals surface area contributed by atoms with E-state index in [1.807, 2.05) is 35.3 Å². The molecule has 0 aliphatic carbocycles. The van der Waals surface area contributed by atoms with E-state index < -0.39 is 0 Å². The van der Waals surface area contributed by atoms with Gasteiger partial charge in [-0.25, -0.2) is 5.01 Å². The first-order valence-electron chi connectivity index (χ1n) is 3.78. The Morgan fingerprint density at radius 3 is 2.58 bits per heavy atom. The maximum atomic E-state index is 3.95. The van der Waals surface area contributed by atoms with Gasteiger partial charge in [-0.1, -0.05) is 30.0 Å². The molecule has 0 saturated carbocycles. The van der Waals surface area contributed by atoms with Gasteiger partial charge in [0.2, 0.25) is 0 Å². The van der Waals surface area contributed by atoms with E-state index in [9.17, 15) is 0 Å². The van der Waals surface area contributed by atoms with E-state index in [2.05, 4.69) is 16.9 Å². The number of rotatable bonds is 1. The summed E-state index contributed by atoms with van der Waals surface area (Å²) in [4.78, 5) is 0. The van der Waals surface area contributed by atoms with Gasteiger partial charge in [-0.05, 0) is 12.1 Å². The van der Waals surface area contributed by atoms with Crippen molar-refractivity contribution >= 4 is 5.69 Å². The quantitative estimate of drug-likeness (QED) is 0.618. The standard InChI is InChI=1S/C9H9N3/c1-8-7-12(11-10-8)9-5-3-2-4-6-9/h2-6H,1,7H2. The van der Waals surface area contributed by atoms with Crippen molar-refractivity contribution in [2.45, 2.75) is 0 Å². The zero-order valence-electron chi connectivity index (χ0n) is 6.64. The third-order valence-corrected chi connectivity index (χ3v) is 1.68. The van der Waals surface area contributed by atoms with Crippen LogP contribution in [0.1, 0.15) is 0 Å². The number of benzene rings is 1. The van der Waals surface area contributed by atoms with Gasteiger partial charge >= 0.3 is 0 Å². The van der Waals surface area contributed by atoms with E-state index in [1.54, 1.807) is 0 Å². The van der Waals surface area contributed by atoms with Gasteiger partial charge in [0.05, 0.1) is 17.9 Å². The molecule has 3 nitrogen and oxygen atoms in total. The summed E-state index contributed by atoms with van der Waals surface area (Å²) >= 11 is 0. The summed E-state index contributed by atoms with van der Waals surface area (Å²) in [6.45, 7) is 4.43. The number of nitrogens with zero attached hydrogens (tertiary/aromatic N) is 3. The lowest BCUT2D eigenvalue weighted by atomic mass is 10.3. The van der Waals surface area contributed by atoms with E-state index in [1.165, 1.54) is 0 Å². The van der Waals surface area contributed by atoms with E-state index >= 15 is 0 Å². The summed E-state index contributed by atoms with van der Waals surface area (Å²) < 4.78 is 0. The Labute approximate surface area is 71.0 Å². The van der Waals surface area contributed by atoms with E-state index in [0.29, 0.717) is 6.54 Å². The smallest absolute Gasteiger partial charge is 0.0868 e. The van der Waals surface area contributed by atoms with Crippen LogP contribution in [0.25, 0.3) is 0 Å². The van der Waals surface area contributed by atoms with Gasteiger partial charge in [-0.3, -0.25) is 0 Å². The number of para-hydroxylation sites is 1. The third-order valence-electron chi connectivity index (χ3n) is 1.68. The van der Waals surface area contributed by atoms with Gasteiger partial charge in [0.1, 0.15) is 0 Å². The fourth-order valence-electron chi connectivity index (χ4n) is 1.10. The number of hydrogen-bond donors (Lipinski definition) is 0. The second kappa shape index (κ2) is 2.77. The number of hydrogen-bond acceptors (Lipinski definition) is 3. The molecule has 0 fully saturated rings. The molecule has 0 amide bonds. The van der Waals surface area contributed by atoms with Crippen molar-refractivity contribution in [1.82, 2.24) is 0 Å². The second-order valence-corrected chi connectivity index (χ2v) is 2.65. The zero-order valence-corrected chi connectivity index (χ0v) is 6.64. The van der Waals surface area contributed by atoms with Gasteiger partial charge in [0.25, 0.3) is 0 Å². The molecule has 0 bridgehead atoms. The van der Waals surface area contributed by atoms with Crippen molar-refractivity contribution in [2.24, 2.45) is 10.3 Å². The van der Waals surface area contributed by atoms with Crippen molar-refractivity contribution in [1.29, 1.82) is 0 Å². The summed E-state index contributed by atoms with van der Waals surface area (Å²) in [7, 11) is 0. The molecular formula is C9H9N3. The highest BCUT2D eigenvalue weighted by Crippen LogP contribution is 2.19. The van der Waals surface area contributed by atoms with E-state index in [4.69, 9.17) is 0 Å². The topological polar surface area (TPSA) is 28.0 Å². The Balaban J connectivity index is 2.23. The minimum absolute atomic E-state index is 0.698. The lowest BCUT2D eigenvalue weighted by Gasteiger charge is -2.10. The normalized spacial score (nSPS) is 15.7. The van der Waals surface area contributed by atoms with Crippen molar-refractivity contribution in [3.63, 3.8) is 0 Å². The molecular weight excluding hydrogens is 150 g/mol. The Morgan fingerprint density at radius 2 is 2.00 bits per heavy atom. The van der Waals surface area contributed by atoms with Crippen LogP contribution in [0, 0.1) is 0 Å². The lowest BCUT2D eigenvalue weighted by Crippen LogP contribution is -2.12. The summed E-state index contributed by atoms with van der Waals surface area (Å²) in [5.41, 5.74) is 1.86. The first-order valence-corrected chi connectivity index (χ1v) is 3.78. The Morgan fingerprint density at radius 1 is 1.25 bits per heavy atom. The Kier molecular flexibility index (Phi) is 1.63. The predicted molar refractivity (Wildman–Crippen MR) is 47.8 cm³/mol. The molecule has 0 unspecified atom stereocenters. The molecule has 12 heavy (non-hydrogen) atoms. The minimum Gasteiger partial charge on any atom is -0.241 e. The van der Waals surface area contributed by atoms with E-state index in [-0.39, 0.29) is 0 Å². The summed E-state index contributed by atoms with van der Waals surface area (Å²) in [5, 5.41) is 9.62. The van der Waals surface area contributed by atoms with Gasteiger partial charge < -0.3 is 0 Å². The van der Waals surface area contributed by atoms with Crippen molar-refractivity contribution < 1.29 is 0 Å². The summed E-state index contributed by atoms with van der Waals surface area (Å²) in [6.07, 6.45) is 0. The maximum absolute atomic E-state index is 3.95. The molecule has 1 aliphatic heterocycles. The highest BCUT2D eigenvalue weighted by atomic mass is 15.6. The van der Waals surface area contributed by atoms with Crippen LogP contribution in [0.3, 0.4) is 0 Å². The van der Waals surface area contributed by atoms with Gasteiger partial charge in [0.15, 0.2) is 0 Å². The molecule has 2 rings (SSSR count). The summed E-state index contributed by atoms with van der Waals surface area (Å²) in [6, 6.07) is 9.93. The molecule has 60 valence electrons. The molecule has 0 N–H and O–H groups in total. The molecule has 0 aromatic heterocycles. The lowest BCUT2D eigenvalue weighted by molar-refractivity contribution is 0.956. The zero-order chi connectivity index (χ0) is 8.39. The van der Waals surface area contributed by atoms with Crippen molar-refractivity contribution in [3.05, 3.63) is 42.6 Å². The monoisotopic (exact) mass is 159 g/mol. The average molecular weight is 159 g/mol. The Hall–Kier alpha value is -1.64. The van der Waals surface area contributed by atoms with Crippen LogP contribution in [-0.4, -0.2) is 6.54 Å². The molecule has 0 radical (unpaired) electrons. The van der Waals surface area contributed by atoms with Crippen LogP contribution in [0.15, 0.2) is 52.9 Å². The first-order chi connectivity index (χ1) is 5.86. The molecule has 1 aromatic carbocycles. The fourth-order valence-corrected chi connectivity index (χ4v) is 1.10. The Bertz CT molecular complexity index is 316. The highest BCUT2D eigenvalue weighted by molar-refractivity contribution is 5.46. The molecule has 1 heterocycles. The van der Waals surface area contributed by atoms with Gasteiger partial charge in [-0.2, -0.15) is 0 Å².